The molecule has 0 aliphatic heterocycles. The van der Waals surface area contributed by atoms with Gasteiger partial charge in [-0.25, -0.2) is 14.2 Å². The molecule has 0 amide bonds. The third kappa shape index (κ3) is 3.54. The average molecular weight is 263 g/mol. The second-order valence-corrected chi connectivity index (χ2v) is 4.08. The standard InChI is InChI=1S/C13H14FN3O2/c14-11-8-10(13(18)19)2-3-12(11)16-4-1-6-17-7-5-15-9-17/h2-3,5,7-9,16H,1,4,6H2,(H,18,19). The lowest BCUT2D eigenvalue weighted by Gasteiger charge is -2.08. The smallest absolute Gasteiger partial charge is 0.335 e. The Morgan fingerprint density at radius 3 is 2.95 bits per heavy atom. The fourth-order valence-corrected chi connectivity index (χ4v) is 1.70. The highest BCUT2D eigenvalue weighted by Gasteiger charge is 2.07. The van der Waals surface area contributed by atoms with Gasteiger partial charge in [-0.05, 0) is 24.6 Å². The summed E-state index contributed by atoms with van der Waals surface area (Å²) in [6.45, 7) is 1.39. The Morgan fingerprint density at radius 2 is 2.32 bits per heavy atom. The molecular formula is C13H14FN3O2. The Labute approximate surface area is 109 Å². The van der Waals surface area contributed by atoms with Gasteiger partial charge in [0.25, 0.3) is 0 Å². The number of imidazole rings is 1. The van der Waals surface area contributed by atoms with Crippen molar-refractivity contribution in [3.05, 3.63) is 48.3 Å². The quantitative estimate of drug-likeness (QED) is 0.784. The van der Waals surface area contributed by atoms with Gasteiger partial charge >= 0.3 is 5.97 Å². The van der Waals surface area contributed by atoms with Crippen LogP contribution in [0, 0.1) is 5.82 Å². The number of aromatic nitrogens is 2. The Morgan fingerprint density at radius 1 is 1.47 bits per heavy atom. The Balaban J connectivity index is 1.84. The molecule has 0 aliphatic carbocycles. The number of carboxylic acid groups (broad SMARTS) is 1. The van der Waals surface area contributed by atoms with Crippen molar-refractivity contribution in [1.82, 2.24) is 9.55 Å². The minimum Gasteiger partial charge on any atom is -0.478 e. The van der Waals surface area contributed by atoms with Gasteiger partial charge in [0.2, 0.25) is 0 Å². The number of carbonyl (C=O) groups is 1. The molecule has 2 rings (SSSR count). The predicted octanol–water partition coefficient (Wildman–Crippen LogP) is 2.22. The van der Waals surface area contributed by atoms with E-state index in [1.807, 2.05) is 10.8 Å². The van der Waals surface area contributed by atoms with Crippen LogP contribution in [0.2, 0.25) is 0 Å². The summed E-state index contributed by atoms with van der Waals surface area (Å²) in [5.74, 6) is -1.69. The van der Waals surface area contributed by atoms with Gasteiger partial charge in [0.05, 0.1) is 17.6 Å². The number of anilines is 1. The fraction of sp³-hybridized carbons (Fsp3) is 0.231. The summed E-state index contributed by atoms with van der Waals surface area (Å²) in [4.78, 5) is 14.6. The molecule has 0 unspecified atom stereocenters. The van der Waals surface area contributed by atoms with Crippen molar-refractivity contribution in [1.29, 1.82) is 0 Å². The Bertz CT molecular complexity index is 555. The molecule has 0 fully saturated rings. The number of benzene rings is 1. The van der Waals surface area contributed by atoms with E-state index in [4.69, 9.17) is 5.11 Å². The topological polar surface area (TPSA) is 67.2 Å². The number of hydrogen-bond acceptors (Lipinski definition) is 3. The number of nitrogens with one attached hydrogen (secondary N) is 1. The molecule has 6 heteroatoms. The molecule has 1 aromatic carbocycles. The van der Waals surface area contributed by atoms with Crippen molar-refractivity contribution in [3.63, 3.8) is 0 Å². The van der Waals surface area contributed by atoms with Crippen LogP contribution in [0.5, 0.6) is 0 Å². The van der Waals surface area contributed by atoms with Crippen molar-refractivity contribution < 1.29 is 14.3 Å². The van der Waals surface area contributed by atoms with Crippen molar-refractivity contribution in [3.8, 4) is 0 Å². The van der Waals surface area contributed by atoms with E-state index >= 15 is 0 Å². The normalized spacial score (nSPS) is 10.4. The third-order valence-electron chi connectivity index (χ3n) is 2.68. The van der Waals surface area contributed by atoms with Crippen molar-refractivity contribution in [2.75, 3.05) is 11.9 Å². The maximum Gasteiger partial charge on any atom is 0.335 e. The van der Waals surface area contributed by atoms with E-state index in [1.165, 1.54) is 12.1 Å². The number of aryl methyl sites for hydroxylation is 1. The zero-order valence-electron chi connectivity index (χ0n) is 10.2. The summed E-state index contributed by atoms with van der Waals surface area (Å²) >= 11 is 0. The van der Waals surface area contributed by atoms with E-state index in [2.05, 4.69) is 10.3 Å². The number of carboxylic acids is 1. The number of nitrogens with zero attached hydrogens (tertiary/aromatic N) is 2. The Kier molecular flexibility index (Phi) is 4.12. The molecule has 0 saturated carbocycles. The zero-order valence-corrected chi connectivity index (χ0v) is 10.2. The summed E-state index contributed by atoms with van der Waals surface area (Å²) in [7, 11) is 0. The number of hydrogen-bond donors (Lipinski definition) is 2. The molecule has 2 N–H and O–H groups in total. The molecule has 2 aromatic rings. The van der Waals surface area contributed by atoms with Gasteiger partial charge in [0.15, 0.2) is 0 Å². The van der Waals surface area contributed by atoms with Crippen LogP contribution in [0.25, 0.3) is 0 Å². The maximum atomic E-state index is 13.6. The van der Waals surface area contributed by atoms with Crippen LogP contribution in [0.3, 0.4) is 0 Å². The molecule has 1 heterocycles. The lowest BCUT2D eigenvalue weighted by molar-refractivity contribution is 0.0696. The van der Waals surface area contributed by atoms with Crippen LogP contribution in [0.15, 0.2) is 36.9 Å². The van der Waals surface area contributed by atoms with Crippen LogP contribution in [0.1, 0.15) is 16.8 Å². The zero-order chi connectivity index (χ0) is 13.7. The molecule has 1 aromatic heterocycles. The first-order valence-corrected chi connectivity index (χ1v) is 5.89. The highest BCUT2D eigenvalue weighted by molar-refractivity contribution is 5.88. The van der Waals surface area contributed by atoms with Gasteiger partial charge in [-0.15, -0.1) is 0 Å². The fourth-order valence-electron chi connectivity index (χ4n) is 1.70. The van der Waals surface area contributed by atoms with E-state index in [0.29, 0.717) is 12.2 Å². The maximum absolute atomic E-state index is 13.6. The summed E-state index contributed by atoms with van der Waals surface area (Å²) in [6.07, 6.45) is 6.11. The van der Waals surface area contributed by atoms with Crippen molar-refractivity contribution >= 4 is 11.7 Å². The predicted molar refractivity (Wildman–Crippen MR) is 68.7 cm³/mol. The second kappa shape index (κ2) is 5.99. The summed E-state index contributed by atoms with van der Waals surface area (Å²) in [6, 6.07) is 3.83. The molecule has 0 aliphatic rings. The summed E-state index contributed by atoms with van der Waals surface area (Å²) in [5, 5.41) is 11.7. The van der Waals surface area contributed by atoms with Crippen LogP contribution in [-0.4, -0.2) is 27.2 Å². The monoisotopic (exact) mass is 263 g/mol. The van der Waals surface area contributed by atoms with Gasteiger partial charge < -0.3 is 15.0 Å². The van der Waals surface area contributed by atoms with E-state index in [0.717, 1.165) is 19.0 Å². The minimum absolute atomic E-state index is 0.0542. The van der Waals surface area contributed by atoms with Crippen LogP contribution in [0.4, 0.5) is 10.1 Å². The van der Waals surface area contributed by atoms with E-state index in [1.54, 1.807) is 12.5 Å². The molecule has 100 valence electrons. The summed E-state index contributed by atoms with van der Waals surface area (Å²) < 4.78 is 15.5. The lowest BCUT2D eigenvalue weighted by Crippen LogP contribution is -2.07. The van der Waals surface area contributed by atoms with E-state index < -0.39 is 11.8 Å². The second-order valence-electron chi connectivity index (χ2n) is 4.08. The third-order valence-corrected chi connectivity index (χ3v) is 2.68. The first-order valence-electron chi connectivity index (χ1n) is 5.89. The molecule has 0 bridgehead atoms. The van der Waals surface area contributed by atoms with E-state index in [9.17, 15) is 9.18 Å². The molecule has 5 nitrogen and oxygen atoms in total. The SMILES string of the molecule is O=C(O)c1ccc(NCCCn2ccnc2)c(F)c1. The molecular weight excluding hydrogens is 249 g/mol. The number of aromatic carboxylic acids is 1. The molecule has 0 atom stereocenters. The van der Waals surface area contributed by atoms with Gasteiger partial charge in [0, 0.05) is 25.5 Å². The van der Waals surface area contributed by atoms with Gasteiger partial charge in [0.1, 0.15) is 5.82 Å². The Hall–Kier alpha value is -2.37. The summed E-state index contributed by atoms with van der Waals surface area (Å²) in [5.41, 5.74) is 0.261. The van der Waals surface area contributed by atoms with Crippen LogP contribution >= 0.6 is 0 Å². The van der Waals surface area contributed by atoms with Gasteiger partial charge in [-0.3, -0.25) is 0 Å². The minimum atomic E-state index is -1.13. The van der Waals surface area contributed by atoms with Gasteiger partial charge in [-0.1, -0.05) is 0 Å². The largest absolute Gasteiger partial charge is 0.478 e. The van der Waals surface area contributed by atoms with Crippen LogP contribution < -0.4 is 5.32 Å². The first kappa shape index (κ1) is 13.1. The molecule has 0 saturated heterocycles. The first-order chi connectivity index (χ1) is 9.16. The highest BCUT2D eigenvalue weighted by Crippen LogP contribution is 2.15. The van der Waals surface area contributed by atoms with Crippen molar-refractivity contribution in [2.24, 2.45) is 0 Å². The van der Waals surface area contributed by atoms with E-state index in [-0.39, 0.29) is 5.56 Å². The number of halogens is 1. The molecule has 0 spiro atoms. The number of rotatable bonds is 6. The van der Waals surface area contributed by atoms with Gasteiger partial charge in [-0.2, -0.15) is 0 Å². The molecule has 19 heavy (non-hydrogen) atoms. The van der Waals surface area contributed by atoms with Crippen molar-refractivity contribution in [2.45, 2.75) is 13.0 Å². The molecule has 0 radical (unpaired) electrons. The average Bonchev–Trinajstić information content (AvgIpc) is 2.89. The van der Waals surface area contributed by atoms with Crippen LogP contribution in [-0.2, 0) is 6.54 Å². The highest BCUT2D eigenvalue weighted by atomic mass is 19.1. The lowest BCUT2D eigenvalue weighted by atomic mass is 10.2.